The fourth-order valence-corrected chi connectivity index (χ4v) is 3.48. The van der Waals surface area contributed by atoms with Crippen LogP contribution in [-0.2, 0) is 28.4 Å². The van der Waals surface area contributed by atoms with Gasteiger partial charge in [0.2, 0.25) is 0 Å². The Kier molecular flexibility index (Phi) is 4.58. The van der Waals surface area contributed by atoms with Crippen molar-refractivity contribution in [2.45, 2.75) is 82.5 Å². The summed E-state index contributed by atoms with van der Waals surface area (Å²) in [5.41, 5.74) is -0.850. The first kappa shape index (κ1) is 18.3. The van der Waals surface area contributed by atoms with Crippen molar-refractivity contribution in [2.24, 2.45) is 0 Å². The van der Waals surface area contributed by atoms with E-state index in [1.54, 1.807) is 0 Å². The van der Waals surface area contributed by atoms with Crippen LogP contribution in [0.25, 0.3) is 0 Å². The van der Waals surface area contributed by atoms with E-state index in [0.717, 1.165) is 0 Å². The third kappa shape index (κ3) is 3.26. The molecule has 0 bridgehead atoms. The Morgan fingerprint density at radius 3 is 2.42 bits per heavy atom. The smallest absolute Gasteiger partial charge is 0.190 e. The second kappa shape index (κ2) is 6.02. The number of fused-ring (bicyclic) bond motifs is 1. The van der Waals surface area contributed by atoms with Gasteiger partial charge in [-0.05, 0) is 34.6 Å². The van der Waals surface area contributed by atoms with Crippen LogP contribution < -0.4 is 0 Å². The van der Waals surface area contributed by atoms with Gasteiger partial charge < -0.3 is 33.5 Å². The lowest BCUT2D eigenvalue weighted by atomic mass is 9.91. The van der Waals surface area contributed by atoms with Gasteiger partial charge in [0, 0.05) is 0 Å². The third-order valence-electron chi connectivity index (χ3n) is 4.67. The highest BCUT2D eigenvalue weighted by molar-refractivity contribution is 5.07. The molecule has 7 nitrogen and oxygen atoms in total. The van der Waals surface area contributed by atoms with E-state index in [-0.39, 0.29) is 12.7 Å². The molecule has 0 spiro atoms. The molecule has 3 fully saturated rings. The molecule has 0 aromatic heterocycles. The molecular formula is C17H28O7. The van der Waals surface area contributed by atoms with E-state index < -0.39 is 41.8 Å². The molecule has 6 atom stereocenters. The predicted octanol–water partition coefficient (Wildman–Crippen LogP) is 1.34. The average molecular weight is 344 g/mol. The van der Waals surface area contributed by atoms with E-state index >= 15 is 0 Å². The minimum Gasteiger partial charge on any atom is -0.387 e. The van der Waals surface area contributed by atoms with Crippen LogP contribution in [0.15, 0.2) is 12.7 Å². The van der Waals surface area contributed by atoms with Crippen LogP contribution in [0.3, 0.4) is 0 Å². The number of hydrogen-bond acceptors (Lipinski definition) is 7. The molecule has 0 amide bonds. The summed E-state index contributed by atoms with van der Waals surface area (Å²) < 4.78 is 35.6. The van der Waals surface area contributed by atoms with Gasteiger partial charge in [-0.2, -0.15) is 0 Å². The summed E-state index contributed by atoms with van der Waals surface area (Å²) in [6.45, 7) is 13.3. The van der Waals surface area contributed by atoms with E-state index in [9.17, 15) is 5.11 Å². The summed E-state index contributed by atoms with van der Waals surface area (Å²) in [7, 11) is 0. The molecule has 0 saturated carbocycles. The lowest BCUT2D eigenvalue weighted by Gasteiger charge is -2.37. The van der Waals surface area contributed by atoms with Gasteiger partial charge in [-0.3, -0.25) is 0 Å². The standard InChI is InChI=1S/C17H28O7/c1-7-10(18)8-20-17(6)12(11-9-19-15(2,3)22-11)21-14-13(17)23-16(4,5)24-14/h7,10-14,18H,1,8-9H2,2-6H3/t10?,11-,12-,13+,14-,17-/m1/s1. The molecule has 3 rings (SSSR count). The average Bonchev–Trinajstić information content (AvgIpc) is 3.07. The van der Waals surface area contributed by atoms with Crippen molar-refractivity contribution in [2.75, 3.05) is 13.2 Å². The number of aliphatic hydroxyl groups is 1. The summed E-state index contributed by atoms with van der Waals surface area (Å²) in [6, 6.07) is 0. The van der Waals surface area contributed by atoms with E-state index in [2.05, 4.69) is 6.58 Å². The van der Waals surface area contributed by atoms with Crippen LogP contribution in [0, 0.1) is 0 Å². The molecule has 7 heteroatoms. The highest BCUT2D eigenvalue weighted by atomic mass is 16.9. The maximum atomic E-state index is 9.80. The number of hydrogen-bond donors (Lipinski definition) is 1. The van der Waals surface area contributed by atoms with Gasteiger partial charge in [0.25, 0.3) is 0 Å². The molecule has 0 radical (unpaired) electrons. The minimum absolute atomic E-state index is 0.0871. The summed E-state index contributed by atoms with van der Waals surface area (Å²) >= 11 is 0. The van der Waals surface area contributed by atoms with Gasteiger partial charge in [0.1, 0.15) is 23.9 Å². The Morgan fingerprint density at radius 2 is 1.83 bits per heavy atom. The van der Waals surface area contributed by atoms with Crippen molar-refractivity contribution in [3.63, 3.8) is 0 Å². The van der Waals surface area contributed by atoms with Gasteiger partial charge in [-0.15, -0.1) is 6.58 Å². The zero-order valence-electron chi connectivity index (χ0n) is 15.0. The lowest BCUT2D eigenvalue weighted by molar-refractivity contribution is -0.254. The molecule has 3 saturated heterocycles. The second-order valence-corrected chi connectivity index (χ2v) is 7.65. The van der Waals surface area contributed by atoms with Crippen molar-refractivity contribution in [3.8, 4) is 0 Å². The zero-order chi connectivity index (χ0) is 17.8. The summed E-state index contributed by atoms with van der Waals surface area (Å²) in [4.78, 5) is 0. The van der Waals surface area contributed by atoms with Crippen LogP contribution in [0.1, 0.15) is 34.6 Å². The molecule has 3 aliphatic heterocycles. The van der Waals surface area contributed by atoms with Gasteiger partial charge in [-0.1, -0.05) is 6.08 Å². The normalized spacial score (nSPS) is 44.4. The van der Waals surface area contributed by atoms with Crippen LogP contribution in [0.4, 0.5) is 0 Å². The number of ether oxygens (including phenoxy) is 6. The van der Waals surface area contributed by atoms with Crippen LogP contribution in [-0.4, -0.2) is 66.2 Å². The third-order valence-corrected chi connectivity index (χ3v) is 4.67. The van der Waals surface area contributed by atoms with Crippen LogP contribution >= 0.6 is 0 Å². The Balaban J connectivity index is 1.81. The quantitative estimate of drug-likeness (QED) is 0.754. The van der Waals surface area contributed by atoms with E-state index in [0.29, 0.717) is 6.61 Å². The zero-order valence-corrected chi connectivity index (χ0v) is 15.0. The highest BCUT2D eigenvalue weighted by Gasteiger charge is 2.65. The summed E-state index contributed by atoms with van der Waals surface area (Å²) in [6.07, 6.45) is -1.08. The monoisotopic (exact) mass is 344 g/mol. The SMILES string of the molecule is C=CC(O)CO[C@]1(C)[C@@H]([C@H]2COC(C)(C)O2)O[C@@H]2OC(C)(C)O[C@@H]21. The van der Waals surface area contributed by atoms with Gasteiger partial charge in [-0.25, -0.2) is 0 Å². The van der Waals surface area contributed by atoms with Crippen molar-refractivity contribution in [1.82, 2.24) is 0 Å². The van der Waals surface area contributed by atoms with E-state index in [1.165, 1.54) is 6.08 Å². The fourth-order valence-electron chi connectivity index (χ4n) is 3.48. The van der Waals surface area contributed by atoms with E-state index in [1.807, 2.05) is 34.6 Å². The van der Waals surface area contributed by atoms with Crippen molar-refractivity contribution in [3.05, 3.63) is 12.7 Å². The topological polar surface area (TPSA) is 75.6 Å². The molecule has 1 N–H and O–H groups in total. The summed E-state index contributed by atoms with van der Waals surface area (Å²) in [5, 5.41) is 9.80. The Labute approximate surface area is 142 Å². The predicted molar refractivity (Wildman–Crippen MR) is 84.2 cm³/mol. The van der Waals surface area contributed by atoms with Crippen molar-refractivity contribution in [1.29, 1.82) is 0 Å². The molecular weight excluding hydrogens is 316 g/mol. The highest BCUT2D eigenvalue weighted by Crippen LogP contribution is 2.47. The molecule has 0 aromatic rings. The molecule has 24 heavy (non-hydrogen) atoms. The first-order valence-electron chi connectivity index (χ1n) is 8.34. The van der Waals surface area contributed by atoms with Crippen LogP contribution in [0.5, 0.6) is 0 Å². The molecule has 3 heterocycles. The van der Waals surface area contributed by atoms with Crippen molar-refractivity contribution < 1.29 is 33.5 Å². The maximum Gasteiger partial charge on any atom is 0.190 e. The Bertz CT molecular complexity index is 491. The van der Waals surface area contributed by atoms with Crippen LogP contribution in [0.2, 0.25) is 0 Å². The second-order valence-electron chi connectivity index (χ2n) is 7.65. The molecule has 138 valence electrons. The fraction of sp³-hybridized carbons (Fsp3) is 0.882. The molecule has 3 aliphatic rings. The maximum absolute atomic E-state index is 9.80. The minimum atomic E-state index is -0.850. The first-order chi connectivity index (χ1) is 11.1. The lowest BCUT2D eigenvalue weighted by Crippen LogP contribution is -2.54. The van der Waals surface area contributed by atoms with Gasteiger partial charge >= 0.3 is 0 Å². The number of rotatable bonds is 5. The van der Waals surface area contributed by atoms with Gasteiger partial charge in [0.15, 0.2) is 17.9 Å². The van der Waals surface area contributed by atoms with Gasteiger partial charge in [0.05, 0.1) is 19.3 Å². The largest absolute Gasteiger partial charge is 0.387 e. The first-order valence-corrected chi connectivity index (χ1v) is 8.34. The molecule has 0 aromatic carbocycles. The molecule has 0 aliphatic carbocycles. The Morgan fingerprint density at radius 1 is 1.12 bits per heavy atom. The van der Waals surface area contributed by atoms with Crippen molar-refractivity contribution >= 4 is 0 Å². The Hall–Kier alpha value is -0.540. The summed E-state index contributed by atoms with van der Waals surface area (Å²) in [5.74, 6) is -1.43. The van der Waals surface area contributed by atoms with E-state index in [4.69, 9.17) is 28.4 Å². The molecule has 1 unspecified atom stereocenters. The number of aliphatic hydroxyl groups excluding tert-OH is 1.